The molecule has 21 heavy (non-hydrogen) atoms. The maximum Gasteiger partial charge on any atom is 0.0701 e. The molecule has 2 heterocycles. The molecule has 0 radical (unpaired) electrons. The Bertz CT molecular complexity index is 594. The molecule has 1 unspecified atom stereocenters. The van der Waals surface area contributed by atoms with Crippen molar-refractivity contribution in [2.75, 3.05) is 13.1 Å². The third-order valence-electron chi connectivity index (χ3n) is 3.99. The van der Waals surface area contributed by atoms with Crippen LogP contribution in [0.15, 0.2) is 46.3 Å². The summed E-state index contributed by atoms with van der Waals surface area (Å²) in [6, 6.07) is 15.6. The van der Waals surface area contributed by atoms with Gasteiger partial charge in [0.15, 0.2) is 0 Å². The zero-order valence-corrected chi connectivity index (χ0v) is 14.9. The Balaban J connectivity index is 1.83. The molecule has 1 aliphatic heterocycles. The largest absolute Gasteiger partial charge is 0.309 e. The Morgan fingerprint density at radius 2 is 2.00 bits per heavy atom. The Hall–Kier alpha value is -0.680. The molecule has 2 nitrogen and oxygen atoms in total. The molecule has 1 fully saturated rings. The van der Waals surface area contributed by atoms with E-state index >= 15 is 0 Å². The van der Waals surface area contributed by atoms with Crippen molar-refractivity contribution in [1.29, 1.82) is 0 Å². The van der Waals surface area contributed by atoms with Crippen molar-refractivity contribution in [3.05, 3.63) is 56.7 Å². The fourth-order valence-corrected chi connectivity index (χ4v) is 4.49. The van der Waals surface area contributed by atoms with E-state index < -0.39 is 0 Å². The van der Waals surface area contributed by atoms with Gasteiger partial charge in [0.25, 0.3) is 0 Å². The quantitative estimate of drug-likeness (QED) is 0.865. The van der Waals surface area contributed by atoms with Gasteiger partial charge in [0, 0.05) is 36.1 Å². The SMILES string of the molecule is CC1(C)CN(Cc2ccc(Br)s2)C(c2ccccc2)CN1. The predicted octanol–water partition coefficient (Wildman–Crippen LogP) is 4.44. The van der Waals surface area contributed by atoms with Crippen LogP contribution in [0.1, 0.15) is 30.3 Å². The fraction of sp³-hybridized carbons (Fsp3) is 0.412. The Morgan fingerprint density at radius 3 is 2.67 bits per heavy atom. The van der Waals surface area contributed by atoms with Gasteiger partial charge in [0.1, 0.15) is 0 Å². The molecular weight excluding hydrogens is 344 g/mol. The van der Waals surface area contributed by atoms with Gasteiger partial charge in [-0.15, -0.1) is 11.3 Å². The average molecular weight is 365 g/mol. The van der Waals surface area contributed by atoms with Gasteiger partial charge in [0.2, 0.25) is 0 Å². The number of thiophene rings is 1. The molecule has 0 spiro atoms. The minimum atomic E-state index is 0.166. The lowest BCUT2D eigenvalue weighted by Crippen LogP contribution is -2.57. The zero-order valence-electron chi connectivity index (χ0n) is 12.5. The van der Waals surface area contributed by atoms with Crippen molar-refractivity contribution in [3.63, 3.8) is 0 Å². The lowest BCUT2D eigenvalue weighted by Gasteiger charge is -2.44. The zero-order chi connectivity index (χ0) is 14.9. The Labute approximate surface area is 139 Å². The number of rotatable bonds is 3. The van der Waals surface area contributed by atoms with Crippen LogP contribution >= 0.6 is 27.3 Å². The van der Waals surface area contributed by atoms with Crippen molar-refractivity contribution in [2.45, 2.75) is 32.0 Å². The molecule has 1 atom stereocenters. The van der Waals surface area contributed by atoms with Gasteiger partial charge in [0.05, 0.1) is 3.79 Å². The molecule has 0 amide bonds. The smallest absolute Gasteiger partial charge is 0.0701 e. The van der Waals surface area contributed by atoms with Crippen LogP contribution in [0.25, 0.3) is 0 Å². The minimum Gasteiger partial charge on any atom is -0.309 e. The maximum atomic E-state index is 3.68. The second-order valence-corrected chi connectivity index (χ2v) is 8.85. The van der Waals surface area contributed by atoms with E-state index in [1.807, 2.05) is 11.3 Å². The number of piperazine rings is 1. The number of benzene rings is 1. The highest BCUT2D eigenvalue weighted by Crippen LogP contribution is 2.31. The lowest BCUT2D eigenvalue weighted by molar-refractivity contribution is 0.0890. The summed E-state index contributed by atoms with van der Waals surface area (Å²) < 4.78 is 1.21. The molecule has 2 aromatic rings. The predicted molar refractivity (Wildman–Crippen MR) is 93.7 cm³/mol. The van der Waals surface area contributed by atoms with Crippen LogP contribution in [0.4, 0.5) is 0 Å². The normalized spacial score (nSPS) is 22.3. The standard InChI is InChI=1S/C17H21BrN2S/c1-17(2)12-20(11-14-8-9-16(18)21-14)15(10-19-17)13-6-4-3-5-7-13/h3-9,15,19H,10-12H2,1-2H3. The molecule has 1 aliphatic rings. The second kappa shape index (κ2) is 6.21. The van der Waals surface area contributed by atoms with E-state index in [0.29, 0.717) is 6.04 Å². The van der Waals surface area contributed by atoms with E-state index in [1.165, 1.54) is 14.2 Å². The first-order chi connectivity index (χ1) is 10.0. The monoisotopic (exact) mass is 364 g/mol. The van der Waals surface area contributed by atoms with Crippen LogP contribution < -0.4 is 5.32 Å². The first-order valence-corrected chi connectivity index (χ1v) is 8.93. The summed E-state index contributed by atoms with van der Waals surface area (Å²) in [6.07, 6.45) is 0. The maximum absolute atomic E-state index is 3.68. The molecular formula is C17H21BrN2S. The van der Waals surface area contributed by atoms with Gasteiger partial charge in [-0.25, -0.2) is 0 Å². The van der Waals surface area contributed by atoms with Gasteiger partial charge in [-0.1, -0.05) is 30.3 Å². The van der Waals surface area contributed by atoms with Crippen LogP contribution in [0.3, 0.4) is 0 Å². The Kier molecular flexibility index (Phi) is 4.50. The summed E-state index contributed by atoms with van der Waals surface area (Å²) in [5, 5.41) is 3.68. The number of hydrogen-bond donors (Lipinski definition) is 1. The molecule has 3 rings (SSSR count). The van der Waals surface area contributed by atoms with Crippen LogP contribution in [0.2, 0.25) is 0 Å². The van der Waals surface area contributed by atoms with E-state index in [1.54, 1.807) is 0 Å². The summed E-state index contributed by atoms with van der Waals surface area (Å²) in [5.74, 6) is 0. The summed E-state index contributed by atoms with van der Waals surface area (Å²) in [7, 11) is 0. The van der Waals surface area contributed by atoms with Crippen LogP contribution in [0, 0.1) is 0 Å². The van der Waals surface area contributed by atoms with E-state index in [4.69, 9.17) is 0 Å². The van der Waals surface area contributed by atoms with Crippen LogP contribution in [0.5, 0.6) is 0 Å². The molecule has 4 heteroatoms. The molecule has 112 valence electrons. The number of hydrogen-bond acceptors (Lipinski definition) is 3. The minimum absolute atomic E-state index is 0.166. The van der Waals surface area contributed by atoms with E-state index in [-0.39, 0.29) is 5.54 Å². The van der Waals surface area contributed by atoms with E-state index in [9.17, 15) is 0 Å². The second-order valence-electron chi connectivity index (χ2n) is 6.30. The van der Waals surface area contributed by atoms with E-state index in [0.717, 1.165) is 19.6 Å². The van der Waals surface area contributed by atoms with Gasteiger partial charge < -0.3 is 5.32 Å². The molecule has 0 saturated carbocycles. The molecule has 1 aromatic carbocycles. The molecule has 1 N–H and O–H groups in total. The highest BCUT2D eigenvalue weighted by Gasteiger charge is 2.33. The fourth-order valence-electron chi connectivity index (χ4n) is 2.98. The Morgan fingerprint density at radius 1 is 1.24 bits per heavy atom. The number of halogens is 1. The van der Waals surface area contributed by atoms with E-state index in [2.05, 4.69) is 82.5 Å². The van der Waals surface area contributed by atoms with Crippen molar-refractivity contribution < 1.29 is 0 Å². The molecule has 1 aromatic heterocycles. The molecule has 0 aliphatic carbocycles. The van der Waals surface area contributed by atoms with Crippen molar-refractivity contribution in [1.82, 2.24) is 10.2 Å². The highest BCUT2D eigenvalue weighted by molar-refractivity contribution is 9.11. The first-order valence-electron chi connectivity index (χ1n) is 7.32. The van der Waals surface area contributed by atoms with Gasteiger partial charge in [-0.2, -0.15) is 0 Å². The average Bonchev–Trinajstić information content (AvgIpc) is 2.84. The summed E-state index contributed by atoms with van der Waals surface area (Å²) in [6.45, 7) is 7.64. The number of nitrogens with one attached hydrogen (secondary N) is 1. The van der Waals surface area contributed by atoms with Crippen molar-refractivity contribution >= 4 is 27.3 Å². The van der Waals surface area contributed by atoms with Crippen molar-refractivity contribution in [2.24, 2.45) is 0 Å². The topological polar surface area (TPSA) is 15.3 Å². The number of nitrogens with zero attached hydrogens (tertiary/aromatic N) is 1. The summed E-state index contributed by atoms with van der Waals surface area (Å²) in [4.78, 5) is 4.02. The lowest BCUT2D eigenvalue weighted by atomic mass is 9.95. The van der Waals surface area contributed by atoms with Gasteiger partial charge in [-0.05, 0) is 47.5 Å². The summed E-state index contributed by atoms with van der Waals surface area (Å²) in [5.41, 5.74) is 1.57. The van der Waals surface area contributed by atoms with Gasteiger partial charge >= 0.3 is 0 Å². The molecule has 1 saturated heterocycles. The third-order valence-corrected chi connectivity index (χ3v) is 5.59. The summed E-state index contributed by atoms with van der Waals surface area (Å²) >= 11 is 5.40. The highest BCUT2D eigenvalue weighted by atomic mass is 79.9. The third kappa shape index (κ3) is 3.75. The van der Waals surface area contributed by atoms with Crippen LogP contribution in [-0.4, -0.2) is 23.5 Å². The van der Waals surface area contributed by atoms with Crippen molar-refractivity contribution in [3.8, 4) is 0 Å². The van der Waals surface area contributed by atoms with Crippen LogP contribution in [-0.2, 0) is 6.54 Å². The molecule has 0 bridgehead atoms. The first kappa shape index (κ1) is 15.2. The van der Waals surface area contributed by atoms with Gasteiger partial charge in [-0.3, -0.25) is 4.90 Å².